The fourth-order valence-electron chi connectivity index (χ4n) is 5.65. The van der Waals surface area contributed by atoms with E-state index in [4.69, 9.17) is 4.52 Å². The number of para-hydroxylation sites is 1. The van der Waals surface area contributed by atoms with Crippen LogP contribution in [0.25, 0.3) is 11.4 Å². The van der Waals surface area contributed by atoms with Crippen molar-refractivity contribution in [1.82, 2.24) is 15.0 Å². The molecule has 0 saturated carbocycles. The van der Waals surface area contributed by atoms with E-state index in [1.807, 2.05) is 75.5 Å². The minimum Gasteiger partial charge on any atom is -0.368 e. The lowest BCUT2D eigenvalue weighted by molar-refractivity contribution is 0.0992. The summed E-state index contributed by atoms with van der Waals surface area (Å²) in [6.45, 7) is 7.11. The van der Waals surface area contributed by atoms with Crippen LogP contribution in [-0.4, -0.2) is 54.2 Å². The van der Waals surface area contributed by atoms with Crippen molar-refractivity contribution in [2.24, 2.45) is 0 Å². The highest BCUT2D eigenvalue weighted by atomic mass is 16.5. The van der Waals surface area contributed by atoms with Gasteiger partial charge in [-0.3, -0.25) is 9.69 Å². The molecule has 196 valence electrons. The first kappa shape index (κ1) is 24.8. The van der Waals surface area contributed by atoms with E-state index in [2.05, 4.69) is 38.1 Å². The molecule has 1 atom stereocenters. The lowest BCUT2D eigenvalue weighted by Gasteiger charge is -2.41. The second-order valence-electron chi connectivity index (χ2n) is 10.4. The van der Waals surface area contributed by atoms with Gasteiger partial charge in [0.15, 0.2) is 0 Å². The zero-order valence-corrected chi connectivity index (χ0v) is 22.3. The van der Waals surface area contributed by atoms with Gasteiger partial charge in [-0.05, 0) is 41.5 Å². The average Bonchev–Trinajstić information content (AvgIpc) is 3.45. The van der Waals surface area contributed by atoms with Crippen LogP contribution in [-0.2, 0) is 0 Å². The second-order valence-corrected chi connectivity index (χ2v) is 10.4. The number of nitriles is 1. The standard InChI is InChI=1S/C31H30N6O2/c1-20(2)30-33-29(34-39-30)21-12-13-26(22(18-21)19-32)36-14-16-37(17-15-36)28-23-8-4-5-9-24(23)31(38)35(3)27-11-7-6-10-25(27)28/h4-13,18,20,28H,14-17H2,1-3H3. The fraction of sp³-hybridized carbons (Fsp3) is 0.290. The van der Waals surface area contributed by atoms with Crippen LogP contribution in [0.2, 0.25) is 0 Å². The molecule has 2 aliphatic heterocycles. The Morgan fingerprint density at radius 1 is 0.949 bits per heavy atom. The van der Waals surface area contributed by atoms with E-state index in [9.17, 15) is 10.1 Å². The lowest BCUT2D eigenvalue weighted by Crippen LogP contribution is -2.48. The van der Waals surface area contributed by atoms with Gasteiger partial charge < -0.3 is 14.3 Å². The van der Waals surface area contributed by atoms with Crippen molar-refractivity contribution >= 4 is 17.3 Å². The zero-order valence-electron chi connectivity index (χ0n) is 22.3. The quantitative estimate of drug-likeness (QED) is 0.365. The number of rotatable bonds is 4. The van der Waals surface area contributed by atoms with Gasteiger partial charge in [-0.15, -0.1) is 0 Å². The number of fused-ring (bicyclic) bond motifs is 2. The molecule has 4 aromatic rings. The van der Waals surface area contributed by atoms with E-state index < -0.39 is 0 Å². The highest BCUT2D eigenvalue weighted by Crippen LogP contribution is 2.40. The second kappa shape index (κ2) is 10.0. The van der Waals surface area contributed by atoms with E-state index >= 15 is 0 Å². The van der Waals surface area contributed by atoms with Gasteiger partial charge in [0.05, 0.1) is 17.3 Å². The Kier molecular flexibility index (Phi) is 6.37. The summed E-state index contributed by atoms with van der Waals surface area (Å²) in [6, 6.07) is 24.3. The minimum atomic E-state index is -0.0281. The first-order valence-corrected chi connectivity index (χ1v) is 13.3. The molecule has 0 spiro atoms. The Hall–Kier alpha value is -4.48. The summed E-state index contributed by atoms with van der Waals surface area (Å²) in [6.07, 6.45) is 0. The number of aromatic nitrogens is 2. The number of hydrogen-bond donors (Lipinski definition) is 0. The summed E-state index contributed by atoms with van der Waals surface area (Å²) in [7, 11) is 1.85. The Morgan fingerprint density at radius 3 is 2.38 bits per heavy atom. The van der Waals surface area contributed by atoms with Crippen molar-refractivity contribution in [1.29, 1.82) is 5.26 Å². The van der Waals surface area contributed by atoms with Crippen molar-refractivity contribution in [3.05, 3.63) is 94.9 Å². The predicted octanol–water partition coefficient (Wildman–Crippen LogP) is 5.23. The van der Waals surface area contributed by atoms with Crippen molar-refractivity contribution < 1.29 is 9.32 Å². The maximum atomic E-state index is 13.4. The van der Waals surface area contributed by atoms with E-state index in [-0.39, 0.29) is 17.9 Å². The van der Waals surface area contributed by atoms with Crippen molar-refractivity contribution in [3.8, 4) is 17.5 Å². The molecule has 3 aromatic carbocycles. The molecule has 3 heterocycles. The minimum absolute atomic E-state index is 0.0139. The average molecular weight is 519 g/mol. The summed E-state index contributed by atoms with van der Waals surface area (Å²) >= 11 is 0. The van der Waals surface area contributed by atoms with Crippen molar-refractivity contribution in [3.63, 3.8) is 0 Å². The van der Waals surface area contributed by atoms with Gasteiger partial charge in [-0.1, -0.05) is 55.4 Å². The number of carbonyl (C=O) groups excluding carboxylic acids is 1. The molecule has 0 radical (unpaired) electrons. The molecule has 1 aromatic heterocycles. The van der Waals surface area contributed by atoms with Crippen LogP contribution >= 0.6 is 0 Å². The monoisotopic (exact) mass is 518 g/mol. The maximum absolute atomic E-state index is 13.4. The molecule has 6 rings (SSSR count). The van der Waals surface area contributed by atoms with Gasteiger partial charge in [0.1, 0.15) is 6.07 Å². The lowest BCUT2D eigenvalue weighted by atomic mass is 9.93. The van der Waals surface area contributed by atoms with E-state index in [0.29, 0.717) is 17.3 Å². The number of hydrogen-bond acceptors (Lipinski definition) is 7. The summed E-state index contributed by atoms with van der Waals surface area (Å²) in [5.41, 5.74) is 6.12. The molecule has 0 bridgehead atoms. The smallest absolute Gasteiger partial charge is 0.258 e. The third kappa shape index (κ3) is 4.35. The Balaban J connectivity index is 1.28. The Bertz CT molecular complexity index is 1580. The van der Waals surface area contributed by atoms with E-state index in [1.54, 1.807) is 4.90 Å². The first-order chi connectivity index (χ1) is 19.0. The Morgan fingerprint density at radius 2 is 1.67 bits per heavy atom. The van der Waals surface area contributed by atoms with Crippen molar-refractivity contribution in [2.45, 2.75) is 25.8 Å². The van der Waals surface area contributed by atoms with E-state index in [1.165, 1.54) is 0 Å². The van der Waals surface area contributed by atoms with Crippen LogP contribution in [0, 0.1) is 11.3 Å². The first-order valence-electron chi connectivity index (χ1n) is 13.3. The number of anilines is 2. The molecule has 1 saturated heterocycles. The molecule has 1 amide bonds. The van der Waals surface area contributed by atoms with Crippen LogP contribution in [0.5, 0.6) is 0 Å². The van der Waals surface area contributed by atoms with Crippen LogP contribution in [0.4, 0.5) is 11.4 Å². The predicted molar refractivity (Wildman–Crippen MR) is 150 cm³/mol. The SMILES string of the molecule is CC(C)c1nc(-c2ccc(N3CCN(C4c5ccccc5C(=O)N(C)c5ccccc54)CC3)c(C#N)c2)no1. The van der Waals surface area contributed by atoms with Gasteiger partial charge in [0.2, 0.25) is 11.7 Å². The number of piperazine rings is 1. The topological polar surface area (TPSA) is 89.5 Å². The molecule has 2 aliphatic rings. The summed E-state index contributed by atoms with van der Waals surface area (Å²) in [5, 5.41) is 14.1. The van der Waals surface area contributed by atoms with Crippen molar-refractivity contribution in [2.75, 3.05) is 43.0 Å². The molecule has 8 heteroatoms. The molecule has 1 fully saturated rings. The number of carbonyl (C=O) groups is 1. The van der Waals surface area contributed by atoms with Crippen LogP contribution in [0.1, 0.15) is 58.7 Å². The highest BCUT2D eigenvalue weighted by Gasteiger charge is 2.35. The third-order valence-electron chi connectivity index (χ3n) is 7.71. The molecule has 1 unspecified atom stereocenters. The van der Waals surface area contributed by atoms with Crippen LogP contribution in [0.15, 0.2) is 71.3 Å². The molecular formula is C31H30N6O2. The number of benzene rings is 3. The largest absolute Gasteiger partial charge is 0.368 e. The molecule has 0 aliphatic carbocycles. The summed E-state index contributed by atoms with van der Waals surface area (Å²) in [5.74, 6) is 1.23. The molecular weight excluding hydrogens is 488 g/mol. The normalized spacial score (nSPS) is 17.5. The van der Waals surface area contributed by atoms with Crippen LogP contribution < -0.4 is 9.80 Å². The highest BCUT2D eigenvalue weighted by molar-refractivity contribution is 6.08. The summed E-state index contributed by atoms with van der Waals surface area (Å²) in [4.78, 5) is 24.3. The number of nitrogens with zero attached hydrogens (tertiary/aromatic N) is 6. The summed E-state index contributed by atoms with van der Waals surface area (Å²) < 4.78 is 5.36. The zero-order chi connectivity index (χ0) is 27.1. The van der Waals surface area contributed by atoms with E-state index in [0.717, 1.165) is 59.8 Å². The molecule has 8 nitrogen and oxygen atoms in total. The fourth-order valence-corrected chi connectivity index (χ4v) is 5.65. The van der Waals surface area contributed by atoms with Gasteiger partial charge in [-0.25, -0.2) is 0 Å². The van der Waals surface area contributed by atoms with Gasteiger partial charge >= 0.3 is 0 Å². The Labute approximate surface area is 228 Å². The molecule has 39 heavy (non-hydrogen) atoms. The van der Waals surface area contributed by atoms with Gasteiger partial charge in [0, 0.05) is 56.0 Å². The van der Waals surface area contributed by atoms with Gasteiger partial charge in [0.25, 0.3) is 5.91 Å². The maximum Gasteiger partial charge on any atom is 0.258 e. The van der Waals surface area contributed by atoms with Gasteiger partial charge in [-0.2, -0.15) is 10.2 Å². The van der Waals surface area contributed by atoms with Crippen LogP contribution in [0.3, 0.4) is 0 Å². The third-order valence-corrected chi connectivity index (χ3v) is 7.71. The molecule has 0 N–H and O–H groups in total. The number of amides is 1.